The van der Waals surface area contributed by atoms with E-state index in [1.54, 1.807) is 0 Å². The number of imide groups is 1. The SMILES string of the molecule is CC1(C)[C@H]2CC[C@]1(C)[C@H](OC(=O)CN1C(=O)c3cccc([N+](=O)[O-])c3C1=O)C2. The summed E-state index contributed by atoms with van der Waals surface area (Å²) >= 11 is 0. The number of amides is 2. The van der Waals surface area contributed by atoms with E-state index < -0.39 is 34.9 Å². The molecule has 1 heterocycles. The van der Waals surface area contributed by atoms with E-state index in [0.717, 1.165) is 24.2 Å². The van der Waals surface area contributed by atoms with Gasteiger partial charge in [0.2, 0.25) is 0 Å². The van der Waals surface area contributed by atoms with E-state index in [4.69, 9.17) is 4.74 Å². The van der Waals surface area contributed by atoms with Gasteiger partial charge in [-0.3, -0.25) is 29.4 Å². The fraction of sp³-hybridized carbons (Fsp3) is 0.550. The lowest BCUT2D eigenvalue weighted by Crippen LogP contribution is -2.41. The molecule has 3 atom stereocenters. The van der Waals surface area contributed by atoms with Gasteiger partial charge in [-0.1, -0.05) is 26.8 Å². The molecule has 0 aromatic heterocycles. The van der Waals surface area contributed by atoms with Crippen LogP contribution in [0.25, 0.3) is 0 Å². The van der Waals surface area contributed by atoms with Gasteiger partial charge in [0.05, 0.1) is 10.5 Å². The minimum absolute atomic E-state index is 0.0555. The molecule has 8 heteroatoms. The van der Waals surface area contributed by atoms with E-state index in [0.29, 0.717) is 5.92 Å². The smallest absolute Gasteiger partial charge is 0.326 e. The summed E-state index contributed by atoms with van der Waals surface area (Å²) < 4.78 is 5.70. The van der Waals surface area contributed by atoms with Crippen LogP contribution in [0.4, 0.5) is 5.69 Å². The monoisotopic (exact) mass is 386 g/mol. The molecule has 1 aliphatic heterocycles. The average Bonchev–Trinajstić information content (AvgIpc) is 3.08. The Morgan fingerprint density at radius 2 is 2.00 bits per heavy atom. The van der Waals surface area contributed by atoms with Gasteiger partial charge in [-0.25, -0.2) is 0 Å². The van der Waals surface area contributed by atoms with Crippen molar-refractivity contribution in [2.45, 2.75) is 46.1 Å². The first-order valence-electron chi connectivity index (χ1n) is 9.41. The number of nitro benzene ring substituents is 1. The second-order valence-electron chi connectivity index (χ2n) is 8.74. The van der Waals surface area contributed by atoms with E-state index >= 15 is 0 Å². The number of carbonyl (C=O) groups excluding carboxylic acids is 3. The number of esters is 1. The summed E-state index contributed by atoms with van der Waals surface area (Å²) in [5.74, 6) is -1.71. The van der Waals surface area contributed by atoms with E-state index in [1.807, 2.05) is 0 Å². The van der Waals surface area contributed by atoms with Crippen molar-refractivity contribution in [1.82, 2.24) is 4.90 Å². The largest absolute Gasteiger partial charge is 0.460 e. The summed E-state index contributed by atoms with van der Waals surface area (Å²) in [6, 6.07) is 3.87. The summed E-state index contributed by atoms with van der Waals surface area (Å²) in [5.41, 5.74) is -0.824. The molecule has 1 aromatic rings. The molecular formula is C20H22N2O6. The van der Waals surface area contributed by atoms with Crippen LogP contribution in [0.3, 0.4) is 0 Å². The first-order valence-corrected chi connectivity index (χ1v) is 9.41. The van der Waals surface area contributed by atoms with Crippen LogP contribution in [0.5, 0.6) is 0 Å². The van der Waals surface area contributed by atoms with E-state index in [9.17, 15) is 24.5 Å². The Bertz CT molecular complexity index is 923. The van der Waals surface area contributed by atoms with Gasteiger partial charge in [0.1, 0.15) is 18.2 Å². The lowest BCUT2D eigenvalue weighted by molar-refractivity contribution is -0.385. The molecule has 2 fully saturated rings. The van der Waals surface area contributed by atoms with Gasteiger partial charge in [0.25, 0.3) is 17.5 Å². The third-order valence-electron chi connectivity index (χ3n) is 7.45. The average molecular weight is 386 g/mol. The first kappa shape index (κ1) is 18.6. The van der Waals surface area contributed by atoms with Crippen molar-refractivity contribution >= 4 is 23.5 Å². The maximum atomic E-state index is 12.6. The Balaban J connectivity index is 1.51. The van der Waals surface area contributed by atoms with Crippen LogP contribution in [-0.2, 0) is 9.53 Å². The molecule has 2 bridgehead atoms. The number of hydrogen-bond acceptors (Lipinski definition) is 6. The lowest BCUT2D eigenvalue weighted by atomic mass is 9.70. The Hall–Kier alpha value is -2.77. The summed E-state index contributed by atoms with van der Waals surface area (Å²) in [6.07, 6.45) is 2.61. The number of benzene rings is 1. The molecule has 2 aliphatic carbocycles. The first-order chi connectivity index (χ1) is 13.1. The van der Waals surface area contributed by atoms with Crippen LogP contribution >= 0.6 is 0 Å². The minimum atomic E-state index is -0.830. The summed E-state index contributed by atoms with van der Waals surface area (Å²) in [7, 11) is 0. The lowest BCUT2D eigenvalue weighted by Gasteiger charge is -2.38. The molecule has 0 saturated heterocycles. The van der Waals surface area contributed by atoms with Gasteiger partial charge in [-0.05, 0) is 36.7 Å². The maximum Gasteiger partial charge on any atom is 0.326 e. The number of fused-ring (bicyclic) bond motifs is 3. The van der Waals surface area contributed by atoms with Crippen LogP contribution in [0.15, 0.2) is 18.2 Å². The van der Waals surface area contributed by atoms with Crippen molar-refractivity contribution in [3.63, 3.8) is 0 Å². The van der Waals surface area contributed by atoms with Crippen molar-refractivity contribution in [2.24, 2.45) is 16.7 Å². The highest BCUT2D eigenvalue weighted by Gasteiger charge is 2.63. The second-order valence-corrected chi connectivity index (χ2v) is 8.74. The zero-order valence-electron chi connectivity index (χ0n) is 16.1. The molecular weight excluding hydrogens is 364 g/mol. The van der Waals surface area contributed by atoms with Gasteiger partial charge in [0.15, 0.2) is 0 Å². The standard InChI is InChI=1S/C20H22N2O6/c1-19(2)11-7-8-20(19,3)14(9-11)28-15(23)10-21-17(24)12-5-4-6-13(22(26)27)16(12)18(21)25/h4-6,11,14H,7-10H2,1-3H3/t11-,14+,20+/m0/s1. The second kappa shape index (κ2) is 5.86. The number of hydrogen-bond donors (Lipinski definition) is 0. The highest BCUT2D eigenvalue weighted by molar-refractivity contribution is 6.24. The van der Waals surface area contributed by atoms with Crippen LogP contribution < -0.4 is 0 Å². The molecule has 4 rings (SSSR count). The predicted octanol–water partition coefficient (Wildman–Crippen LogP) is 2.95. The Morgan fingerprint density at radius 3 is 2.57 bits per heavy atom. The third kappa shape index (κ3) is 2.33. The molecule has 148 valence electrons. The van der Waals surface area contributed by atoms with Gasteiger partial charge in [-0.2, -0.15) is 0 Å². The van der Waals surface area contributed by atoms with E-state index in [2.05, 4.69) is 20.8 Å². The molecule has 28 heavy (non-hydrogen) atoms. The molecule has 0 unspecified atom stereocenters. The van der Waals surface area contributed by atoms with Gasteiger partial charge >= 0.3 is 5.97 Å². The van der Waals surface area contributed by atoms with Crippen molar-refractivity contribution in [3.8, 4) is 0 Å². The van der Waals surface area contributed by atoms with Crippen LogP contribution in [0.1, 0.15) is 60.7 Å². The highest BCUT2D eigenvalue weighted by Crippen LogP contribution is 2.66. The van der Waals surface area contributed by atoms with Crippen molar-refractivity contribution in [1.29, 1.82) is 0 Å². The topological polar surface area (TPSA) is 107 Å². The van der Waals surface area contributed by atoms with Crippen LogP contribution in [-0.4, -0.2) is 40.3 Å². The fourth-order valence-corrected chi connectivity index (χ4v) is 5.24. The summed E-state index contributed by atoms with van der Waals surface area (Å²) in [4.78, 5) is 48.9. The Morgan fingerprint density at radius 1 is 1.29 bits per heavy atom. The Kier molecular flexibility index (Phi) is 3.89. The van der Waals surface area contributed by atoms with Crippen molar-refractivity contribution in [3.05, 3.63) is 39.4 Å². The Labute approximate surface area is 162 Å². The molecule has 0 spiro atoms. The number of nitrogens with zero attached hydrogens (tertiary/aromatic N) is 2. The number of ether oxygens (including phenoxy) is 1. The van der Waals surface area contributed by atoms with Crippen LogP contribution in [0.2, 0.25) is 0 Å². The highest BCUT2D eigenvalue weighted by atomic mass is 16.6. The number of carbonyl (C=O) groups is 3. The summed E-state index contributed by atoms with van der Waals surface area (Å²) in [6.45, 7) is 5.98. The zero-order chi connectivity index (χ0) is 20.4. The van der Waals surface area contributed by atoms with Crippen molar-refractivity contribution in [2.75, 3.05) is 6.54 Å². The van der Waals surface area contributed by atoms with Crippen molar-refractivity contribution < 1.29 is 24.0 Å². The molecule has 0 N–H and O–H groups in total. The van der Waals surface area contributed by atoms with Gasteiger partial charge < -0.3 is 4.74 Å². The summed E-state index contributed by atoms with van der Waals surface area (Å²) in [5, 5.41) is 11.2. The maximum absolute atomic E-state index is 12.6. The van der Waals surface area contributed by atoms with Crippen LogP contribution in [0, 0.1) is 26.9 Å². The van der Waals surface area contributed by atoms with Gasteiger partial charge in [-0.15, -0.1) is 0 Å². The molecule has 3 aliphatic rings. The molecule has 0 radical (unpaired) electrons. The molecule has 2 saturated carbocycles. The molecule has 8 nitrogen and oxygen atoms in total. The van der Waals surface area contributed by atoms with E-state index in [1.165, 1.54) is 18.2 Å². The number of nitro groups is 1. The quantitative estimate of drug-likeness (QED) is 0.341. The molecule has 1 aromatic carbocycles. The van der Waals surface area contributed by atoms with E-state index in [-0.39, 0.29) is 28.1 Å². The minimum Gasteiger partial charge on any atom is -0.460 e. The number of rotatable bonds is 4. The fourth-order valence-electron chi connectivity index (χ4n) is 5.24. The predicted molar refractivity (Wildman–Crippen MR) is 97.6 cm³/mol. The molecule has 2 amide bonds. The third-order valence-corrected chi connectivity index (χ3v) is 7.45. The zero-order valence-corrected chi connectivity index (χ0v) is 16.1. The van der Waals surface area contributed by atoms with Gasteiger partial charge in [0, 0.05) is 11.5 Å². The normalized spacial score (nSPS) is 29.9.